The Labute approximate surface area is 136 Å². The highest BCUT2D eigenvalue weighted by molar-refractivity contribution is 5.68. The molecule has 0 spiro atoms. The summed E-state index contributed by atoms with van der Waals surface area (Å²) in [4.78, 5) is 11.7. The van der Waals surface area contributed by atoms with Gasteiger partial charge in [-0.25, -0.2) is 4.79 Å². The minimum absolute atomic E-state index is 0.108. The van der Waals surface area contributed by atoms with Crippen LogP contribution in [0, 0.1) is 5.41 Å². The van der Waals surface area contributed by atoms with Gasteiger partial charge in [-0.3, -0.25) is 0 Å². The van der Waals surface area contributed by atoms with Gasteiger partial charge in [0, 0.05) is 11.6 Å². The van der Waals surface area contributed by atoms with Crippen molar-refractivity contribution in [2.75, 3.05) is 0 Å². The lowest BCUT2D eigenvalue weighted by Crippen LogP contribution is -2.43. The third kappa shape index (κ3) is 7.39. The average molecular weight is 333 g/mol. The Morgan fingerprint density at radius 2 is 1.57 bits per heavy atom. The van der Waals surface area contributed by atoms with E-state index in [0.717, 1.165) is 0 Å². The highest BCUT2D eigenvalue weighted by Crippen LogP contribution is 2.35. The molecule has 132 valence electrons. The van der Waals surface area contributed by atoms with Gasteiger partial charge in [0.05, 0.1) is 0 Å². The molecule has 23 heavy (non-hydrogen) atoms. The van der Waals surface area contributed by atoms with Crippen LogP contribution < -0.4 is 5.32 Å². The first kappa shape index (κ1) is 21.3. The number of hydrogen-bond acceptors (Lipinski definition) is 2. The molecule has 1 aromatic carbocycles. The molecular formula is C17H26F3NO2. The van der Waals surface area contributed by atoms with E-state index in [1.54, 1.807) is 13.0 Å². The molecule has 1 amide bonds. The maximum atomic E-state index is 13.0. The van der Waals surface area contributed by atoms with Crippen LogP contribution in [0.3, 0.4) is 0 Å². The number of alkyl carbamates (subject to hydrolysis) is 1. The number of carbonyl (C=O) groups is 1. The van der Waals surface area contributed by atoms with Gasteiger partial charge in [-0.1, -0.05) is 65.0 Å². The Bertz CT molecular complexity index is 467. The first-order chi connectivity index (χ1) is 10.5. The van der Waals surface area contributed by atoms with Gasteiger partial charge in [0.2, 0.25) is 6.10 Å². The van der Waals surface area contributed by atoms with Crippen molar-refractivity contribution >= 4 is 6.09 Å². The molecule has 2 unspecified atom stereocenters. The van der Waals surface area contributed by atoms with Crippen LogP contribution in [0.15, 0.2) is 30.3 Å². The highest BCUT2D eigenvalue weighted by atomic mass is 19.4. The number of halogens is 3. The largest absolute Gasteiger partial charge is 0.432 e. The van der Waals surface area contributed by atoms with Gasteiger partial charge in [-0.2, -0.15) is 13.2 Å². The summed E-state index contributed by atoms with van der Waals surface area (Å²) < 4.78 is 43.7. The minimum atomic E-state index is -4.66. The predicted molar refractivity (Wildman–Crippen MR) is 85.1 cm³/mol. The Kier molecular flexibility index (Phi) is 8.14. The SMILES string of the molecule is CC.CC(NC(=O)OC(c1ccccc1)C(F)(F)F)C(C)(C)C. The second-order valence-electron chi connectivity index (χ2n) is 5.97. The zero-order valence-corrected chi connectivity index (χ0v) is 14.5. The van der Waals surface area contributed by atoms with Crippen molar-refractivity contribution in [1.82, 2.24) is 5.32 Å². The first-order valence-corrected chi connectivity index (χ1v) is 7.60. The van der Waals surface area contributed by atoms with Crippen LogP contribution >= 0.6 is 0 Å². The smallest absolute Gasteiger partial charge is 0.429 e. The molecule has 0 aliphatic carbocycles. The third-order valence-corrected chi connectivity index (χ3v) is 3.26. The molecule has 0 fully saturated rings. The van der Waals surface area contributed by atoms with E-state index in [0.29, 0.717) is 0 Å². The van der Waals surface area contributed by atoms with Crippen molar-refractivity contribution in [1.29, 1.82) is 0 Å². The van der Waals surface area contributed by atoms with Crippen LogP contribution in [-0.2, 0) is 4.74 Å². The van der Waals surface area contributed by atoms with E-state index in [1.807, 2.05) is 34.6 Å². The van der Waals surface area contributed by atoms with Crippen LogP contribution in [0.4, 0.5) is 18.0 Å². The summed E-state index contributed by atoms with van der Waals surface area (Å²) >= 11 is 0. The van der Waals surface area contributed by atoms with Gasteiger partial charge in [0.15, 0.2) is 0 Å². The molecule has 2 atom stereocenters. The fraction of sp³-hybridized carbons (Fsp3) is 0.588. The first-order valence-electron chi connectivity index (χ1n) is 7.60. The molecule has 0 aromatic heterocycles. The molecule has 0 saturated heterocycles. The van der Waals surface area contributed by atoms with Crippen LogP contribution in [0.2, 0.25) is 0 Å². The Hall–Kier alpha value is -1.72. The number of alkyl halides is 3. The second-order valence-corrected chi connectivity index (χ2v) is 5.97. The van der Waals surface area contributed by atoms with E-state index < -0.39 is 18.4 Å². The zero-order chi connectivity index (χ0) is 18.3. The lowest BCUT2D eigenvalue weighted by molar-refractivity contribution is -0.206. The highest BCUT2D eigenvalue weighted by Gasteiger charge is 2.44. The van der Waals surface area contributed by atoms with Crippen LogP contribution in [-0.4, -0.2) is 18.3 Å². The number of rotatable bonds is 3. The van der Waals surface area contributed by atoms with Gasteiger partial charge in [0.25, 0.3) is 0 Å². The number of amides is 1. The Morgan fingerprint density at radius 3 is 1.96 bits per heavy atom. The molecule has 0 bridgehead atoms. The molecule has 1 N–H and O–H groups in total. The number of carbonyl (C=O) groups excluding carboxylic acids is 1. The van der Waals surface area contributed by atoms with Gasteiger partial charge in [-0.15, -0.1) is 0 Å². The number of nitrogens with one attached hydrogen (secondary N) is 1. The van der Waals surface area contributed by atoms with Crippen LogP contribution in [0.25, 0.3) is 0 Å². The number of benzene rings is 1. The summed E-state index contributed by atoms with van der Waals surface area (Å²) in [5.41, 5.74) is -0.386. The van der Waals surface area contributed by atoms with E-state index in [2.05, 4.69) is 10.1 Å². The minimum Gasteiger partial charge on any atom is -0.432 e. The van der Waals surface area contributed by atoms with E-state index >= 15 is 0 Å². The van der Waals surface area contributed by atoms with E-state index in [9.17, 15) is 18.0 Å². The van der Waals surface area contributed by atoms with Gasteiger partial charge >= 0.3 is 12.3 Å². The van der Waals surface area contributed by atoms with Crippen LogP contribution in [0.1, 0.15) is 53.2 Å². The lowest BCUT2D eigenvalue weighted by Gasteiger charge is -2.29. The molecule has 6 heteroatoms. The summed E-state index contributed by atoms with van der Waals surface area (Å²) in [5.74, 6) is 0. The van der Waals surface area contributed by atoms with E-state index in [-0.39, 0.29) is 17.0 Å². The van der Waals surface area contributed by atoms with Crippen molar-refractivity contribution in [2.24, 2.45) is 5.41 Å². The quantitative estimate of drug-likeness (QED) is 0.796. The normalized spacial score (nSPS) is 14.1. The molecular weight excluding hydrogens is 307 g/mol. The lowest BCUT2D eigenvalue weighted by atomic mass is 9.88. The molecule has 0 heterocycles. The van der Waals surface area contributed by atoms with Gasteiger partial charge < -0.3 is 10.1 Å². The Balaban J connectivity index is 0.00000232. The standard InChI is InChI=1S/C15H20F3NO2.C2H6/c1-10(14(2,3)4)19-13(20)21-12(15(16,17)18)11-8-6-5-7-9-11;1-2/h5-10,12H,1-4H3,(H,19,20);1-2H3. The topological polar surface area (TPSA) is 38.3 Å². The molecule has 0 saturated carbocycles. The van der Waals surface area contributed by atoms with E-state index in [1.165, 1.54) is 24.3 Å². The summed E-state index contributed by atoms with van der Waals surface area (Å²) in [6, 6.07) is 6.76. The maximum absolute atomic E-state index is 13.0. The maximum Gasteiger partial charge on any atom is 0.429 e. The fourth-order valence-corrected chi connectivity index (χ4v) is 1.49. The fourth-order valence-electron chi connectivity index (χ4n) is 1.49. The summed E-state index contributed by atoms with van der Waals surface area (Å²) in [7, 11) is 0. The summed E-state index contributed by atoms with van der Waals surface area (Å²) in [6.45, 7) is 11.3. The third-order valence-electron chi connectivity index (χ3n) is 3.26. The van der Waals surface area contributed by atoms with Crippen molar-refractivity contribution in [2.45, 2.75) is 59.9 Å². The number of hydrogen-bond donors (Lipinski definition) is 1. The molecule has 1 rings (SSSR count). The van der Waals surface area contributed by atoms with Crippen molar-refractivity contribution in [3.63, 3.8) is 0 Å². The molecule has 0 aliphatic rings. The Morgan fingerprint density at radius 1 is 1.09 bits per heavy atom. The second kappa shape index (κ2) is 8.79. The van der Waals surface area contributed by atoms with Crippen molar-refractivity contribution in [3.05, 3.63) is 35.9 Å². The predicted octanol–water partition coefficient (Wildman–Crippen LogP) is 5.48. The zero-order valence-electron chi connectivity index (χ0n) is 14.5. The average Bonchev–Trinajstić information content (AvgIpc) is 2.45. The molecule has 0 aliphatic heterocycles. The van der Waals surface area contributed by atoms with E-state index in [4.69, 9.17) is 0 Å². The van der Waals surface area contributed by atoms with Crippen LogP contribution in [0.5, 0.6) is 0 Å². The van der Waals surface area contributed by atoms with Gasteiger partial charge in [-0.05, 0) is 12.3 Å². The summed E-state index contributed by atoms with van der Waals surface area (Å²) in [6.07, 6.45) is -8.02. The molecule has 3 nitrogen and oxygen atoms in total. The molecule has 1 aromatic rings. The monoisotopic (exact) mass is 333 g/mol. The van der Waals surface area contributed by atoms with Gasteiger partial charge in [0.1, 0.15) is 0 Å². The van der Waals surface area contributed by atoms with Crippen molar-refractivity contribution < 1.29 is 22.7 Å². The van der Waals surface area contributed by atoms with Crippen molar-refractivity contribution in [3.8, 4) is 0 Å². The summed E-state index contributed by atoms with van der Waals surface area (Å²) in [5, 5.41) is 2.43. The number of ether oxygens (including phenoxy) is 1. The molecule has 0 radical (unpaired) electrons.